The Balaban J connectivity index is 5.88. The van der Waals surface area contributed by atoms with Crippen molar-refractivity contribution in [3.63, 3.8) is 0 Å². The highest BCUT2D eigenvalue weighted by Gasteiger charge is 2.60. The molecule has 18 heavy (non-hydrogen) atoms. The van der Waals surface area contributed by atoms with Crippen LogP contribution >= 0.6 is 0 Å². The van der Waals surface area contributed by atoms with Crippen molar-refractivity contribution in [2.24, 2.45) is 15.9 Å². The molecule has 1 atom stereocenters. The molecular weight excluding hydrogens is 264 g/mol. The second kappa shape index (κ2) is 4.77. The average molecular weight is 288 g/mol. The first-order valence-electron chi connectivity index (χ1n) is 5.84. The molecule has 0 heterocycles. The van der Waals surface area contributed by atoms with E-state index in [4.69, 9.17) is 10.9 Å². The van der Waals surface area contributed by atoms with Crippen molar-refractivity contribution in [2.75, 3.05) is 0 Å². The zero-order chi connectivity index (χ0) is 15.0. The highest BCUT2D eigenvalue weighted by Crippen LogP contribution is 2.56. The van der Waals surface area contributed by atoms with E-state index >= 15 is 0 Å². The van der Waals surface area contributed by atoms with Gasteiger partial charge in [0.1, 0.15) is 0 Å². The van der Waals surface area contributed by atoms with E-state index in [1.54, 1.807) is 6.55 Å². The van der Waals surface area contributed by atoms with Crippen LogP contribution in [0.25, 0.3) is 10.4 Å². The summed E-state index contributed by atoms with van der Waals surface area (Å²) in [5.74, 6) is 0. The zero-order valence-corrected chi connectivity index (χ0v) is 14.3. The van der Waals surface area contributed by atoms with Crippen molar-refractivity contribution in [3.05, 3.63) is 10.4 Å². The predicted octanol–water partition coefficient (Wildman–Crippen LogP) is 2.41. The van der Waals surface area contributed by atoms with Crippen LogP contribution in [0.15, 0.2) is 5.11 Å². The molecule has 0 aromatic rings. The molecule has 0 aliphatic heterocycles. The minimum absolute atomic E-state index is 0.509. The van der Waals surface area contributed by atoms with E-state index in [1.807, 2.05) is 41.5 Å². The lowest BCUT2D eigenvalue weighted by molar-refractivity contribution is 0.137. The van der Waals surface area contributed by atoms with Gasteiger partial charge in [0.05, 0.1) is 0 Å². The predicted molar refractivity (Wildman–Crippen MR) is 75.5 cm³/mol. The van der Waals surface area contributed by atoms with Crippen LogP contribution in [0.5, 0.6) is 0 Å². The molecular formula is C10H24N4O2Si2. The van der Waals surface area contributed by atoms with Crippen molar-refractivity contribution in [2.45, 2.75) is 58.7 Å². The summed E-state index contributed by atoms with van der Waals surface area (Å²) in [7, 11) is -5.66. The number of nitrogens with zero attached hydrogens (tertiary/aromatic N) is 3. The average Bonchev–Trinajstić information content (AvgIpc) is 2.16. The van der Waals surface area contributed by atoms with Gasteiger partial charge in [-0.3, -0.25) is 0 Å². The van der Waals surface area contributed by atoms with Gasteiger partial charge in [-0.1, -0.05) is 46.7 Å². The van der Waals surface area contributed by atoms with Crippen LogP contribution in [0.2, 0.25) is 11.6 Å². The highest BCUT2D eigenvalue weighted by molar-refractivity contribution is 7.24. The largest absolute Gasteiger partial charge is 0.541 e. The van der Waals surface area contributed by atoms with Crippen molar-refractivity contribution >= 4 is 16.2 Å². The van der Waals surface area contributed by atoms with Crippen molar-refractivity contribution in [1.82, 2.24) is 0 Å². The molecule has 0 amide bonds. The van der Waals surface area contributed by atoms with E-state index < -0.39 is 32.2 Å². The van der Waals surface area contributed by atoms with E-state index in [1.165, 1.54) is 0 Å². The van der Waals surface area contributed by atoms with Crippen LogP contribution in [0.4, 0.5) is 0 Å². The summed E-state index contributed by atoms with van der Waals surface area (Å²) in [6.45, 7) is 13.0. The fraction of sp³-hybridized carbons (Fsp3) is 1.00. The maximum atomic E-state index is 11.6. The third kappa shape index (κ3) is 2.38. The smallest absolute Gasteiger partial charge is 0.486 e. The molecule has 0 radical (unpaired) electrons. The molecule has 0 aliphatic carbocycles. The summed E-state index contributed by atoms with van der Waals surface area (Å²) in [5, 5.41) is 9.48. The molecule has 8 heteroatoms. The molecule has 0 spiro atoms. The lowest BCUT2D eigenvalue weighted by atomic mass is 9.67. The Kier molecular flexibility index (Phi) is 4.58. The van der Waals surface area contributed by atoms with Crippen molar-refractivity contribution in [1.29, 1.82) is 0 Å². The second-order valence-electron chi connectivity index (χ2n) is 6.51. The third-order valence-electron chi connectivity index (χ3n) is 5.13. The Labute approximate surface area is 111 Å². The monoisotopic (exact) mass is 288 g/mol. The van der Waals surface area contributed by atoms with Gasteiger partial charge in [0.25, 0.3) is 0 Å². The molecule has 1 unspecified atom stereocenters. The normalized spacial score (nSPS) is 16.7. The third-order valence-corrected chi connectivity index (χ3v) is 13.8. The first kappa shape index (κ1) is 17.3. The van der Waals surface area contributed by atoms with Gasteiger partial charge in [-0.2, -0.15) is 0 Å². The minimum Gasteiger partial charge on any atom is -0.541 e. The summed E-state index contributed by atoms with van der Waals surface area (Å²) in [6, 6.07) is 0. The number of nitrogens with two attached hydrogens (primary N) is 1. The van der Waals surface area contributed by atoms with Gasteiger partial charge in [-0.05, 0) is 22.5 Å². The maximum absolute atomic E-state index is 11.6. The van der Waals surface area contributed by atoms with Gasteiger partial charge < -0.3 is 14.7 Å². The van der Waals surface area contributed by atoms with E-state index in [0.717, 1.165) is 0 Å². The van der Waals surface area contributed by atoms with Gasteiger partial charge in [0.15, 0.2) is 0 Å². The molecule has 0 aromatic carbocycles. The molecule has 0 aromatic heterocycles. The van der Waals surface area contributed by atoms with E-state index in [9.17, 15) is 9.26 Å². The van der Waals surface area contributed by atoms with E-state index in [0.29, 0.717) is 0 Å². The minimum atomic E-state index is -2.86. The molecule has 104 valence electrons. The van der Waals surface area contributed by atoms with Crippen molar-refractivity contribution in [3.8, 4) is 0 Å². The lowest BCUT2D eigenvalue weighted by Gasteiger charge is -2.54. The summed E-state index contributed by atoms with van der Waals surface area (Å²) >= 11 is 0. The van der Waals surface area contributed by atoms with Gasteiger partial charge in [0, 0.05) is 10.5 Å². The second-order valence-corrected chi connectivity index (χ2v) is 15.2. The van der Waals surface area contributed by atoms with Crippen LogP contribution in [-0.2, 0) is 4.46 Å². The Morgan fingerprint density at radius 3 is 1.94 bits per heavy atom. The Morgan fingerprint density at radius 1 is 1.28 bits per heavy atom. The topological polar surface area (TPSA) is 112 Å². The van der Waals surface area contributed by atoms with E-state index in [2.05, 4.69) is 10.0 Å². The molecule has 0 rings (SSSR count). The van der Waals surface area contributed by atoms with Gasteiger partial charge >= 0.3 is 8.44 Å². The highest BCUT2D eigenvalue weighted by atomic mass is 29.2. The molecule has 0 saturated heterocycles. The van der Waals surface area contributed by atoms with Crippen LogP contribution < -0.4 is 5.40 Å². The summed E-state index contributed by atoms with van der Waals surface area (Å²) in [4.78, 5) is 12.4. The summed E-state index contributed by atoms with van der Waals surface area (Å²) < 4.78 is 11.6. The van der Waals surface area contributed by atoms with Crippen LogP contribution in [-0.4, -0.2) is 26.5 Å². The molecule has 0 bridgehead atoms. The molecule has 0 saturated carbocycles. The first-order chi connectivity index (χ1) is 7.75. The number of azide groups is 1. The molecule has 6 nitrogen and oxygen atoms in total. The molecule has 0 fully saturated rings. The number of hydrogen-bond acceptors (Lipinski definition) is 3. The van der Waals surface area contributed by atoms with Gasteiger partial charge in [-0.25, -0.2) is 0 Å². The molecule has 0 aliphatic rings. The van der Waals surface area contributed by atoms with E-state index in [-0.39, 0.29) is 0 Å². The summed E-state index contributed by atoms with van der Waals surface area (Å²) in [6.07, 6.45) is 0. The first-order valence-corrected chi connectivity index (χ1v) is 10.8. The standard InChI is InChI=1S/C10H24N4O2Si2/c1-8(2,9(3,4)13-14-11)10(5,6)18(7,12)17(15)16/h15H,12H2,1-7H3. The van der Waals surface area contributed by atoms with Crippen LogP contribution in [0.1, 0.15) is 41.5 Å². The lowest BCUT2D eigenvalue weighted by Crippen LogP contribution is -2.67. The van der Waals surface area contributed by atoms with Crippen LogP contribution in [0.3, 0.4) is 0 Å². The fourth-order valence-electron chi connectivity index (χ4n) is 1.92. The van der Waals surface area contributed by atoms with Crippen LogP contribution in [0, 0.1) is 5.41 Å². The zero-order valence-electron chi connectivity index (χ0n) is 12.3. The number of rotatable bonds is 5. The Bertz CT molecular complexity index is 375. The molecule has 3 N–H and O–H groups in total. The quantitative estimate of drug-likeness (QED) is 0.350. The van der Waals surface area contributed by atoms with Gasteiger partial charge in [0.2, 0.25) is 7.75 Å². The maximum Gasteiger partial charge on any atom is 0.486 e. The Hall–Kier alpha value is -0.696. The Morgan fingerprint density at radius 2 is 1.67 bits per heavy atom. The SMILES string of the molecule is CC(C)(N=[N+]=[N-])C(C)(C)C(C)(C)[Si](C)(N)[Si](=O)O. The van der Waals surface area contributed by atoms with Crippen molar-refractivity contribution < 1.29 is 9.26 Å². The van der Waals surface area contributed by atoms with Gasteiger partial charge in [-0.15, -0.1) is 0 Å². The number of hydrogen-bond donors (Lipinski definition) is 2. The fourth-order valence-corrected chi connectivity index (χ4v) is 6.60. The summed E-state index contributed by atoms with van der Waals surface area (Å²) in [5.41, 5.74) is 7.47.